The van der Waals surface area contributed by atoms with Gasteiger partial charge in [-0.3, -0.25) is 9.59 Å². The second-order valence-corrected chi connectivity index (χ2v) is 11.0. The molecule has 2 atom stereocenters. The van der Waals surface area contributed by atoms with Crippen LogP contribution in [-0.2, 0) is 13.9 Å². The molecule has 1 aliphatic heterocycles. The maximum absolute atomic E-state index is 14.0. The minimum Gasteiger partial charge on any atom is -0.457 e. The van der Waals surface area contributed by atoms with Crippen LogP contribution >= 0.6 is 15.9 Å². The highest BCUT2D eigenvalue weighted by molar-refractivity contribution is 9.09. The van der Waals surface area contributed by atoms with E-state index in [1.165, 1.54) is 4.90 Å². The average Bonchev–Trinajstić information content (AvgIpc) is 3.17. The lowest BCUT2D eigenvalue weighted by Gasteiger charge is -2.51. The number of anilines is 1. The fourth-order valence-electron chi connectivity index (χ4n) is 6.34. The molecule has 2 amide bonds. The maximum atomic E-state index is 14.0. The molecule has 0 N–H and O–H groups in total. The van der Waals surface area contributed by atoms with E-state index in [4.69, 9.17) is 4.74 Å². The number of carbonyl (C=O) groups excluding carboxylic acids is 2. The molecule has 0 aromatic heterocycles. The van der Waals surface area contributed by atoms with Gasteiger partial charge in [0.15, 0.2) is 0 Å². The van der Waals surface area contributed by atoms with Crippen molar-refractivity contribution in [1.82, 2.24) is 0 Å². The summed E-state index contributed by atoms with van der Waals surface area (Å²) in [6.45, 7) is 2.03. The van der Waals surface area contributed by atoms with Crippen LogP contribution in [0.4, 0.5) is 5.69 Å². The molecular formula is C31H22BrNO3. The predicted octanol–water partition coefficient (Wildman–Crippen LogP) is 6.69. The average molecular weight is 536 g/mol. The van der Waals surface area contributed by atoms with Crippen molar-refractivity contribution in [1.29, 1.82) is 0 Å². The van der Waals surface area contributed by atoms with Crippen molar-refractivity contribution in [3.05, 3.63) is 125 Å². The van der Waals surface area contributed by atoms with E-state index in [0.717, 1.165) is 33.6 Å². The van der Waals surface area contributed by atoms with Crippen LogP contribution in [0.5, 0.6) is 11.5 Å². The van der Waals surface area contributed by atoms with Gasteiger partial charge in [0.05, 0.1) is 21.8 Å². The first-order chi connectivity index (χ1) is 17.5. The monoisotopic (exact) mass is 535 g/mol. The number of hydrogen-bond donors (Lipinski definition) is 0. The van der Waals surface area contributed by atoms with Gasteiger partial charge in [-0.2, -0.15) is 0 Å². The van der Waals surface area contributed by atoms with Crippen molar-refractivity contribution in [3.8, 4) is 11.5 Å². The summed E-state index contributed by atoms with van der Waals surface area (Å²) in [6.07, 6.45) is 0. The Hall–Kier alpha value is -3.70. The first kappa shape index (κ1) is 21.6. The molecule has 3 aliphatic carbocycles. The lowest BCUT2D eigenvalue weighted by molar-refractivity contribution is -0.122. The van der Waals surface area contributed by atoms with Crippen molar-refractivity contribution in [2.75, 3.05) is 4.90 Å². The molecule has 4 aliphatic rings. The lowest BCUT2D eigenvalue weighted by atomic mass is 9.55. The van der Waals surface area contributed by atoms with Crippen molar-refractivity contribution >= 4 is 33.4 Å². The topological polar surface area (TPSA) is 46.6 Å². The van der Waals surface area contributed by atoms with Crippen LogP contribution in [0.1, 0.15) is 33.7 Å². The van der Waals surface area contributed by atoms with Gasteiger partial charge in [0.1, 0.15) is 11.5 Å². The number of imide groups is 1. The number of alkyl halides is 1. The summed E-state index contributed by atoms with van der Waals surface area (Å²) in [5.41, 5.74) is 6.14. The highest BCUT2D eigenvalue weighted by Gasteiger charge is 2.67. The summed E-state index contributed by atoms with van der Waals surface area (Å²) in [5.74, 6) is -0.0315. The predicted molar refractivity (Wildman–Crippen MR) is 142 cm³/mol. The van der Waals surface area contributed by atoms with E-state index in [0.29, 0.717) is 11.4 Å². The zero-order valence-corrected chi connectivity index (χ0v) is 21.1. The molecule has 4 aromatic rings. The van der Waals surface area contributed by atoms with E-state index in [2.05, 4.69) is 40.2 Å². The molecule has 2 unspecified atom stereocenters. The quantitative estimate of drug-likeness (QED) is 0.217. The van der Waals surface area contributed by atoms with Crippen LogP contribution in [0, 0.1) is 18.8 Å². The number of aryl methyl sites for hydroxylation is 1. The third-order valence-electron chi connectivity index (χ3n) is 7.87. The van der Waals surface area contributed by atoms with Crippen molar-refractivity contribution < 1.29 is 14.3 Å². The molecule has 0 spiro atoms. The number of carbonyl (C=O) groups is 2. The molecule has 2 bridgehead atoms. The summed E-state index contributed by atoms with van der Waals surface area (Å²) in [7, 11) is 0. The Morgan fingerprint density at radius 2 is 1.25 bits per heavy atom. The molecule has 5 heteroatoms. The smallest absolute Gasteiger partial charge is 0.239 e. The molecule has 4 nitrogen and oxygen atoms in total. The van der Waals surface area contributed by atoms with Gasteiger partial charge < -0.3 is 4.74 Å². The van der Waals surface area contributed by atoms with Crippen molar-refractivity contribution in [2.24, 2.45) is 11.8 Å². The Kier molecular flexibility index (Phi) is 4.58. The van der Waals surface area contributed by atoms with Gasteiger partial charge in [0.2, 0.25) is 11.8 Å². The molecule has 1 fully saturated rings. The number of hydrogen-bond acceptors (Lipinski definition) is 3. The number of ether oxygens (including phenoxy) is 1. The SMILES string of the molecule is Cc1ccc(Oc2ccc(N3C(=O)C4C5c6ccccc6C(Br)(c6ccccc65)C4C3=O)cc2)cc1. The number of amides is 2. The van der Waals surface area contributed by atoms with E-state index in [-0.39, 0.29) is 17.7 Å². The summed E-state index contributed by atoms with van der Waals surface area (Å²) < 4.78 is 5.21. The van der Waals surface area contributed by atoms with Gasteiger partial charge in [0, 0.05) is 5.92 Å². The molecule has 0 radical (unpaired) electrons. The van der Waals surface area contributed by atoms with Gasteiger partial charge in [-0.1, -0.05) is 82.2 Å². The first-order valence-electron chi connectivity index (χ1n) is 12.1. The van der Waals surface area contributed by atoms with Gasteiger partial charge in [-0.25, -0.2) is 4.90 Å². The van der Waals surface area contributed by atoms with Crippen LogP contribution in [-0.4, -0.2) is 11.8 Å². The first-order valence-corrected chi connectivity index (χ1v) is 12.9. The fourth-order valence-corrected chi connectivity index (χ4v) is 7.54. The molecule has 0 saturated carbocycles. The lowest BCUT2D eigenvalue weighted by Crippen LogP contribution is -2.50. The van der Waals surface area contributed by atoms with Crippen LogP contribution < -0.4 is 9.64 Å². The Bertz CT molecular complexity index is 1500. The minimum absolute atomic E-state index is 0.143. The Morgan fingerprint density at radius 1 is 0.722 bits per heavy atom. The van der Waals surface area contributed by atoms with Gasteiger partial charge in [-0.05, 0) is 65.6 Å². The second-order valence-electron chi connectivity index (χ2n) is 9.79. The van der Waals surface area contributed by atoms with E-state index in [1.807, 2.05) is 55.5 Å². The summed E-state index contributed by atoms with van der Waals surface area (Å²) in [6, 6.07) is 31.4. The van der Waals surface area contributed by atoms with E-state index in [1.54, 1.807) is 24.3 Å². The normalized spacial score (nSPS) is 25.4. The van der Waals surface area contributed by atoms with Crippen molar-refractivity contribution in [2.45, 2.75) is 17.2 Å². The molecule has 8 rings (SSSR count). The molecule has 176 valence electrons. The largest absolute Gasteiger partial charge is 0.457 e. The van der Waals surface area contributed by atoms with Gasteiger partial charge >= 0.3 is 0 Å². The number of rotatable bonds is 3. The third kappa shape index (κ3) is 2.80. The van der Waals surface area contributed by atoms with Crippen LogP contribution in [0.25, 0.3) is 0 Å². The molecule has 4 aromatic carbocycles. The highest BCUT2D eigenvalue weighted by atomic mass is 79.9. The summed E-state index contributed by atoms with van der Waals surface area (Å²) in [4.78, 5) is 29.4. The molecule has 36 heavy (non-hydrogen) atoms. The fraction of sp³-hybridized carbons (Fsp3) is 0.161. The molecular weight excluding hydrogens is 514 g/mol. The van der Waals surface area contributed by atoms with E-state index in [9.17, 15) is 9.59 Å². The standard InChI is InChI=1S/C31H22BrNO3/c1-18-10-14-20(15-11-18)36-21-16-12-19(13-17-21)33-29(34)27-26-22-6-2-4-8-24(22)31(32,28(27)30(33)35)25-9-5-3-7-23(25)26/h2-17,26-28H,1H3. The Balaban J connectivity index is 1.28. The van der Waals surface area contributed by atoms with Crippen LogP contribution in [0.3, 0.4) is 0 Å². The minimum atomic E-state index is -0.740. The Morgan fingerprint density at radius 3 is 1.83 bits per heavy atom. The molecule has 1 heterocycles. The molecule has 1 saturated heterocycles. The van der Waals surface area contributed by atoms with Crippen LogP contribution in [0.2, 0.25) is 0 Å². The number of halogens is 1. The van der Waals surface area contributed by atoms with E-state index < -0.39 is 16.2 Å². The number of benzene rings is 4. The van der Waals surface area contributed by atoms with Crippen molar-refractivity contribution in [3.63, 3.8) is 0 Å². The van der Waals surface area contributed by atoms with Crippen LogP contribution in [0.15, 0.2) is 97.1 Å². The maximum Gasteiger partial charge on any atom is 0.239 e. The Labute approximate surface area is 217 Å². The zero-order valence-electron chi connectivity index (χ0n) is 19.5. The zero-order chi connectivity index (χ0) is 24.6. The summed E-state index contributed by atoms with van der Waals surface area (Å²) >= 11 is 4.04. The van der Waals surface area contributed by atoms with E-state index >= 15 is 0 Å². The third-order valence-corrected chi connectivity index (χ3v) is 9.21. The number of nitrogens with zero attached hydrogens (tertiary/aromatic N) is 1. The van der Waals surface area contributed by atoms with Gasteiger partial charge in [-0.15, -0.1) is 0 Å². The van der Waals surface area contributed by atoms with Gasteiger partial charge in [0.25, 0.3) is 0 Å². The highest BCUT2D eigenvalue weighted by Crippen LogP contribution is 2.66. The second kappa shape index (κ2) is 7.65. The summed E-state index contributed by atoms with van der Waals surface area (Å²) in [5, 5.41) is 0.